The van der Waals surface area contributed by atoms with E-state index in [-0.39, 0.29) is 5.57 Å². The van der Waals surface area contributed by atoms with Crippen LogP contribution in [0.2, 0.25) is 0 Å². The van der Waals surface area contributed by atoms with E-state index in [2.05, 4.69) is 31.9 Å². The molecule has 0 unspecified atom stereocenters. The van der Waals surface area contributed by atoms with Gasteiger partial charge >= 0.3 is 5.97 Å². The van der Waals surface area contributed by atoms with Gasteiger partial charge in [-0.05, 0) is 41.1 Å². The van der Waals surface area contributed by atoms with Crippen LogP contribution >= 0.6 is 31.9 Å². The van der Waals surface area contributed by atoms with Crippen molar-refractivity contribution >= 4 is 37.8 Å². The lowest BCUT2D eigenvalue weighted by atomic mass is 10.3. The van der Waals surface area contributed by atoms with Crippen LogP contribution in [0.1, 0.15) is 6.92 Å². The van der Waals surface area contributed by atoms with Crippen LogP contribution in [-0.2, 0) is 4.79 Å². The molecule has 0 radical (unpaired) electrons. The number of hydrogen-bond acceptors (Lipinski definition) is 2. The zero-order valence-electron chi connectivity index (χ0n) is 7.83. The van der Waals surface area contributed by atoms with Crippen LogP contribution in [0.5, 0.6) is 5.75 Å². The molecule has 1 aromatic rings. The van der Waals surface area contributed by atoms with Gasteiger partial charge in [0.2, 0.25) is 0 Å². The van der Waals surface area contributed by atoms with Crippen molar-refractivity contribution in [2.24, 2.45) is 0 Å². The van der Waals surface area contributed by atoms with Crippen LogP contribution in [0.25, 0.3) is 0 Å². The first-order valence-corrected chi connectivity index (χ1v) is 5.61. The van der Waals surface area contributed by atoms with Gasteiger partial charge in [0.15, 0.2) is 0 Å². The zero-order chi connectivity index (χ0) is 11.4. The Morgan fingerprint density at radius 1 is 1.47 bits per heavy atom. The molecule has 0 aliphatic carbocycles. The molecule has 0 saturated heterocycles. The molecule has 0 aliphatic rings. The molecule has 1 aromatic carbocycles. The van der Waals surface area contributed by atoms with Crippen molar-refractivity contribution in [2.45, 2.75) is 6.92 Å². The Labute approximate surface area is 104 Å². The van der Waals surface area contributed by atoms with Crippen molar-refractivity contribution in [3.05, 3.63) is 39.0 Å². The monoisotopic (exact) mass is 334 g/mol. The summed E-state index contributed by atoms with van der Waals surface area (Å²) in [6.07, 6.45) is 1.20. The highest BCUT2D eigenvalue weighted by molar-refractivity contribution is 9.11. The molecule has 0 heterocycles. The molecule has 0 atom stereocenters. The van der Waals surface area contributed by atoms with Gasteiger partial charge in [-0.25, -0.2) is 4.79 Å². The molecule has 0 bridgehead atoms. The van der Waals surface area contributed by atoms with E-state index in [0.717, 1.165) is 8.95 Å². The molecule has 0 saturated carbocycles. The predicted molar refractivity (Wildman–Crippen MR) is 63.9 cm³/mol. The lowest BCUT2D eigenvalue weighted by molar-refractivity contribution is -0.132. The smallest absolute Gasteiger partial charge is 0.334 e. The van der Waals surface area contributed by atoms with Crippen LogP contribution in [0.3, 0.4) is 0 Å². The normalized spacial score (nSPS) is 11.3. The fourth-order valence-corrected chi connectivity index (χ4v) is 1.91. The fraction of sp³-hybridized carbons (Fsp3) is 0.100. The van der Waals surface area contributed by atoms with E-state index in [1.165, 1.54) is 13.2 Å². The molecule has 15 heavy (non-hydrogen) atoms. The van der Waals surface area contributed by atoms with Gasteiger partial charge < -0.3 is 9.84 Å². The van der Waals surface area contributed by atoms with Crippen LogP contribution < -0.4 is 4.74 Å². The van der Waals surface area contributed by atoms with Gasteiger partial charge in [0.25, 0.3) is 0 Å². The molecule has 0 spiro atoms. The molecule has 5 heteroatoms. The average Bonchev–Trinajstić information content (AvgIpc) is 2.15. The molecule has 80 valence electrons. The van der Waals surface area contributed by atoms with E-state index in [0.29, 0.717) is 5.75 Å². The number of carboxylic acid groups (broad SMARTS) is 1. The van der Waals surface area contributed by atoms with E-state index in [9.17, 15) is 4.79 Å². The van der Waals surface area contributed by atoms with E-state index in [4.69, 9.17) is 9.84 Å². The number of rotatable bonds is 3. The first kappa shape index (κ1) is 12.3. The van der Waals surface area contributed by atoms with Gasteiger partial charge in [-0.15, -0.1) is 0 Å². The SMILES string of the molecule is CC(=COc1ccc(Br)cc1Br)C(=O)O. The van der Waals surface area contributed by atoms with Crippen molar-refractivity contribution in [3.8, 4) is 5.75 Å². The molecule has 1 N–H and O–H groups in total. The van der Waals surface area contributed by atoms with Gasteiger partial charge in [0.1, 0.15) is 12.0 Å². The second kappa shape index (κ2) is 5.32. The number of aliphatic carboxylic acids is 1. The number of carboxylic acids is 1. The largest absolute Gasteiger partial charge is 0.478 e. The van der Waals surface area contributed by atoms with Gasteiger partial charge in [0, 0.05) is 4.47 Å². The maximum Gasteiger partial charge on any atom is 0.334 e. The first-order valence-electron chi connectivity index (χ1n) is 4.02. The third-order valence-electron chi connectivity index (χ3n) is 1.59. The Bertz CT molecular complexity index is 413. The van der Waals surface area contributed by atoms with Crippen LogP contribution in [-0.4, -0.2) is 11.1 Å². The fourth-order valence-electron chi connectivity index (χ4n) is 0.773. The second-order valence-electron chi connectivity index (χ2n) is 2.80. The minimum Gasteiger partial charge on any atom is -0.478 e. The Morgan fingerprint density at radius 2 is 2.13 bits per heavy atom. The lowest BCUT2D eigenvalue weighted by Gasteiger charge is -2.04. The number of halogens is 2. The molecule has 3 nitrogen and oxygen atoms in total. The van der Waals surface area contributed by atoms with E-state index < -0.39 is 5.97 Å². The van der Waals surface area contributed by atoms with E-state index in [1.54, 1.807) is 6.07 Å². The highest BCUT2D eigenvalue weighted by Crippen LogP contribution is 2.28. The summed E-state index contributed by atoms with van der Waals surface area (Å²) < 4.78 is 6.88. The quantitative estimate of drug-likeness (QED) is 0.678. The number of benzene rings is 1. The second-order valence-corrected chi connectivity index (χ2v) is 4.57. The third-order valence-corrected chi connectivity index (χ3v) is 2.71. The number of hydrogen-bond donors (Lipinski definition) is 1. The molecular formula is C10H8Br2O3. The summed E-state index contributed by atoms with van der Waals surface area (Å²) in [7, 11) is 0. The van der Waals surface area contributed by atoms with Gasteiger partial charge in [-0.3, -0.25) is 0 Å². The summed E-state index contributed by atoms with van der Waals surface area (Å²) in [6.45, 7) is 1.47. The third kappa shape index (κ3) is 3.68. The average molecular weight is 336 g/mol. The summed E-state index contributed by atoms with van der Waals surface area (Å²) in [6, 6.07) is 5.36. The zero-order valence-corrected chi connectivity index (χ0v) is 11.0. The Morgan fingerprint density at radius 3 is 2.67 bits per heavy atom. The van der Waals surface area contributed by atoms with Crippen LogP contribution in [0, 0.1) is 0 Å². The Balaban J connectivity index is 2.82. The molecule has 0 aromatic heterocycles. The van der Waals surface area contributed by atoms with E-state index >= 15 is 0 Å². The Kier molecular flexibility index (Phi) is 4.35. The lowest BCUT2D eigenvalue weighted by Crippen LogP contribution is -1.98. The molecular weight excluding hydrogens is 328 g/mol. The summed E-state index contributed by atoms with van der Waals surface area (Å²) in [5.41, 5.74) is 0.143. The predicted octanol–water partition coefficient (Wildman–Crippen LogP) is 3.58. The summed E-state index contributed by atoms with van der Waals surface area (Å²) in [5.74, 6) is -0.429. The summed E-state index contributed by atoms with van der Waals surface area (Å²) >= 11 is 6.61. The van der Waals surface area contributed by atoms with Crippen molar-refractivity contribution in [2.75, 3.05) is 0 Å². The topological polar surface area (TPSA) is 46.5 Å². The summed E-state index contributed by atoms with van der Waals surface area (Å²) in [5, 5.41) is 8.61. The van der Waals surface area contributed by atoms with Crippen molar-refractivity contribution < 1.29 is 14.6 Å². The number of ether oxygens (including phenoxy) is 1. The maximum absolute atomic E-state index is 10.5. The van der Waals surface area contributed by atoms with E-state index in [1.807, 2.05) is 12.1 Å². The molecule has 1 rings (SSSR count). The molecule has 0 amide bonds. The van der Waals surface area contributed by atoms with Crippen molar-refractivity contribution in [1.29, 1.82) is 0 Å². The molecule has 0 fully saturated rings. The van der Waals surface area contributed by atoms with Gasteiger partial charge in [-0.1, -0.05) is 15.9 Å². The summed E-state index contributed by atoms with van der Waals surface area (Å²) in [4.78, 5) is 10.5. The first-order chi connectivity index (χ1) is 7.00. The van der Waals surface area contributed by atoms with Crippen molar-refractivity contribution in [1.82, 2.24) is 0 Å². The minimum atomic E-state index is -0.997. The van der Waals surface area contributed by atoms with Crippen LogP contribution in [0.4, 0.5) is 0 Å². The maximum atomic E-state index is 10.5. The molecule has 0 aliphatic heterocycles. The van der Waals surface area contributed by atoms with Gasteiger partial charge in [0.05, 0.1) is 10.0 Å². The highest BCUT2D eigenvalue weighted by Gasteiger charge is 2.03. The highest BCUT2D eigenvalue weighted by atomic mass is 79.9. The minimum absolute atomic E-state index is 0.143. The van der Waals surface area contributed by atoms with Crippen LogP contribution in [0.15, 0.2) is 39.0 Å². The Hall–Kier alpha value is -0.810. The van der Waals surface area contributed by atoms with Gasteiger partial charge in [-0.2, -0.15) is 0 Å². The standard InChI is InChI=1S/C10H8Br2O3/c1-6(10(13)14)5-15-9-3-2-7(11)4-8(9)12/h2-5H,1H3,(H,13,14). The van der Waals surface area contributed by atoms with Crippen molar-refractivity contribution in [3.63, 3.8) is 0 Å². The number of carbonyl (C=O) groups is 1.